The van der Waals surface area contributed by atoms with Crippen LogP contribution in [0.15, 0.2) is 36.5 Å². The van der Waals surface area contributed by atoms with Crippen molar-refractivity contribution >= 4 is 0 Å². The zero-order chi connectivity index (χ0) is 12.3. The number of nitrogens with zero attached hydrogens (tertiary/aromatic N) is 2. The maximum absolute atomic E-state index is 5.22. The highest BCUT2D eigenvalue weighted by Gasteiger charge is 2.10. The lowest BCUT2D eigenvalue weighted by Gasteiger charge is -2.13. The minimum absolute atomic E-state index is 0.253. The fraction of sp³-hybridized carbons (Fsp3) is 0.308. The molecule has 0 aliphatic rings. The Morgan fingerprint density at radius 3 is 2.88 bits per heavy atom. The summed E-state index contributed by atoms with van der Waals surface area (Å²) in [4.78, 5) is 0. The van der Waals surface area contributed by atoms with E-state index in [0.717, 1.165) is 17.1 Å². The van der Waals surface area contributed by atoms with E-state index in [1.807, 2.05) is 48.3 Å². The van der Waals surface area contributed by atoms with Crippen LogP contribution in [0.4, 0.5) is 0 Å². The lowest BCUT2D eigenvalue weighted by molar-refractivity contribution is 0.414. The first-order valence-electron chi connectivity index (χ1n) is 5.62. The first-order chi connectivity index (χ1) is 8.26. The van der Waals surface area contributed by atoms with Crippen molar-refractivity contribution in [3.05, 3.63) is 42.2 Å². The predicted molar refractivity (Wildman–Crippen MR) is 67.6 cm³/mol. The number of nitrogens with one attached hydrogen (secondary N) is 1. The Morgan fingerprint density at radius 2 is 2.18 bits per heavy atom. The summed E-state index contributed by atoms with van der Waals surface area (Å²) in [5.41, 5.74) is 2.13. The van der Waals surface area contributed by atoms with Crippen molar-refractivity contribution in [3.8, 4) is 11.4 Å². The molecule has 0 spiro atoms. The molecule has 0 radical (unpaired) electrons. The van der Waals surface area contributed by atoms with E-state index in [1.165, 1.54) is 0 Å². The second kappa shape index (κ2) is 5.01. The molecule has 0 fully saturated rings. The Kier molecular flexibility index (Phi) is 3.44. The van der Waals surface area contributed by atoms with Crippen LogP contribution in [-0.2, 0) is 0 Å². The summed E-state index contributed by atoms with van der Waals surface area (Å²) in [6.45, 7) is 2.10. The van der Waals surface area contributed by atoms with Gasteiger partial charge < -0.3 is 10.1 Å². The zero-order valence-electron chi connectivity index (χ0n) is 10.3. The Bertz CT molecular complexity index is 493. The van der Waals surface area contributed by atoms with Crippen molar-refractivity contribution in [1.29, 1.82) is 0 Å². The van der Waals surface area contributed by atoms with Gasteiger partial charge in [0.2, 0.25) is 0 Å². The van der Waals surface area contributed by atoms with Gasteiger partial charge in [0.25, 0.3) is 0 Å². The summed E-state index contributed by atoms with van der Waals surface area (Å²) >= 11 is 0. The molecule has 1 atom stereocenters. The molecule has 1 aromatic carbocycles. The van der Waals surface area contributed by atoms with E-state index in [0.29, 0.717) is 0 Å². The number of rotatable bonds is 4. The van der Waals surface area contributed by atoms with Crippen LogP contribution in [0.3, 0.4) is 0 Å². The van der Waals surface area contributed by atoms with Crippen molar-refractivity contribution in [2.24, 2.45) is 0 Å². The lowest BCUT2D eigenvalue weighted by atomic mass is 10.2. The van der Waals surface area contributed by atoms with Gasteiger partial charge in [0.15, 0.2) is 0 Å². The van der Waals surface area contributed by atoms with Gasteiger partial charge >= 0.3 is 0 Å². The van der Waals surface area contributed by atoms with E-state index in [4.69, 9.17) is 4.74 Å². The number of benzene rings is 1. The van der Waals surface area contributed by atoms with Gasteiger partial charge in [0, 0.05) is 18.3 Å². The molecule has 0 saturated heterocycles. The zero-order valence-corrected chi connectivity index (χ0v) is 10.3. The summed E-state index contributed by atoms with van der Waals surface area (Å²) < 4.78 is 7.14. The monoisotopic (exact) mass is 231 g/mol. The smallest absolute Gasteiger partial charge is 0.121 e. The minimum atomic E-state index is 0.253. The normalized spacial score (nSPS) is 12.4. The highest BCUT2D eigenvalue weighted by molar-refractivity contribution is 5.40. The van der Waals surface area contributed by atoms with Crippen molar-refractivity contribution in [3.63, 3.8) is 0 Å². The van der Waals surface area contributed by atoms with E-state index in [9.17, 15) is 0 Å². The molecule has 0 amide bonds. The van der Waals surface area contributed by atoms with Gasteiger partial charge in [-0.15, -0.1) is 0 Å². The summed E-state index contributed by atoms with van der Waals surface area (Å²) in [5.74, 6) is 0.834. The van der Waals surface area contributed by atoms with Gasteiger partial charge in [-0.2, -0.15) is 5.10 Å². The molecule has 1 unspecified atom stereocenters. The van der Waals surface area contributed by atoms with Crippen LogP contribution in [0.2, 0.25) is 0 Å². The molecular formula is C13H17N3O. The molecule has 0 aliphatic carbocycles. The summed E-state index contributed by atoms with van der Waals surface area (Å²) in [7, 11) is 3.60. The highest BCUT2D eigenvalue weighted by Crippen LogP contribution is 2.20. The number of ether oxygens (including phenoxy) is 1. The second-order valence-corrected chi connectivity index (χ2v) is 3.88. The van der Waals surface area contributed by atoms with Crippen molar-refractivity contribution in [1.82, 2.24) is 15.1 Å². The fourth-order valence-electron chi connectivity index (χ4n) is 1.75. The molecule has 4 heteroatoms. The quantitative estimate of drug-likeness (QED) is 0.876. The van der Waals surface area contributed by atoms with E-state index in [-0.39, 0.29) is 6.04 Å². The summed E-state index contributed by atoms with van der Waals surface area (Å²) in [6.07, 6.45) is 1.81. The fourth-order valence-corrected chi connectivity index (χ4v) is 1.75. The molecule has 4 nitrogen and oxygen atoms in total. The molecule has 0 bridgehead atoms. The molecule has 90 valence electrons. The third kappa shape index (κ3) is 2.31. The third-order valence-electron chi connectivity index (χ3n) is 2.85. The topological polar surface area (TPSA) is 39.1 Å². The number of hydrogen-bond acceptors (Lipinski definition) is 3. The Labute approximate surface area is 101 Å². The molecule has 1 heterocycles. The van der Waals surface area contributed by atoms with E-state index < -0.39 is 0 Å². The van der Waals surface area contributed by atoms with Gasteiger partial charge in [-0.05, 0) is 32.2 Å². The number of methoxy groups -OCH3 is 1. The molecule has 0 saturated carbocycles. The van der Waals surface area contributed by atoms with E-state index in [1.54, 1.807) is 7.11 Å². The van der Waals surface area contributed by atoms with Gasteiger partial charge in [-0.25, -0.2) is 4.68 Å². The van der Waals surface area contributed by atoms with Crippen molar-refractivity contribution in [2.45, 2.75) is 13.0 Å². The second-order valence-electron chi connectivity index (χ2n) is 3.88. The summed E-state index contributed by atoms with van der Waals surface area (Å²) in [6, 6.07) is 10.1. The Balaban J connectivity index is 2.42. The van der Waals surface area contributed by atoms with Crippen LogP contribution in [0, 0.1) is 0 Å². The van der Waals surface area contributed by atoms with Crippen LogP contribution < -0.4 is 10.1 Å². The van der Waals surface area contributed by atoms with Crippen LogP contribution in [0.1, 0.15) is 18.7 Å². The first-order valence-corrected chi connectivity index (χ1v) is 5.62. The standard InChI is InChI=1S/C13H17N3O/c1-10(14-2)13-7-8-15-16(13)11-5-4-6-12(9-11)17-3/h4-10,14H,1-3H3. The largest absolute Gasteiger partial charge is 0.497 e. The number of aromatic nitrogens is 2. The molecule has 1 N–H and O–H groups in total. The first kappa shape index (κ1) is 11.7. The third-order valence-corrected chi connectivity index (χ3v) is 2.85. The van der Waals surface area contributed by atoms with Gasteiger partial charge in [-0.1, -0.05) is 6.07 Å². The highest BCUT2D eigenvalue weighted by atomic mass is 16.5. The lowest BCUT2D eigenvalue weighted by Crippen LogP contribution is -2.16. The van der Waals surface area contributed by atoms with Crippen LogP contribution in [0.25, 0.3) is 5.69 Å². The van der Waals surface area contributed by atoms with E-state index in [2.05, 4.69) is 17.3 Å². The Hall–Kier alpha value is -1.81. The Morgan fingerprint density at radius 1 is 1.35 bits per heavy atom. The van der Waals surface area contributed by atoms with Crippen molar-refractivity contribution in [2.75, 3.05) is 14.2 Å². The molecule has 0 aliphatic heterocycles. The summed E-state index contributed by atoms with van der Waals surface area (Å²) in [5, 5.41) is 7.57. The van der Waals surface area contributed by atoms with E-state index >= 15 is 0 Å². The maximum Gasteiger partial charge on any atom is 0.121 e. The van der Waals surface area contributed by atoms with Gasteiger partial charge in [0.05, 0.1) is 18.5 Å². The van der Waals surface area contributed by atoms with Crippen LogP contribution in [-0.4, -0.2) is 23.9 Å². The molecular weight excluding hydrogens is 214 g/mol. The average Bonchev–Trinajstić information content (AvgIpc) is 2.87. The molecule has 2 rings (SSSR count). The number of hydrogen-bond donors (Lipinski definition) is 1. The molecule has 17 heavy (non-hydrogen) atoms. The SMILES string of the molecule is CNC(C)c1ccnn1-c1cccc(OC)c1. The minimum Gasteiger partial charge on any atom is -0.497 e. The predicted octanol–water partition coefficient (Wildman–Crippen LogP) is 2.16. The van der Waals surface area contributed by atoms with Gasteiger partial charge in [0.1, 0.15) is 5.75 Å². The average molecular weight is 231 g/mol. The van der Waals surface area contributed by atoms with Crippen molar-refractivity contribution < 1.29 is 4.74 Å². The maximum atomic E-state index is 5.22. The molecule has 2 aromatic rings. The molecule has 1 aromatic heterocycles. The van der Waals surface area contributed by atoms with Crippen LogP contribution in [0.5, 0.6) is 5.75 Å². The van der Waals surface area contributed by atoms with Gasteiger partial charge in [-0.3, -0.25) is 0 Å². The van der Waals surface area contributed by atoms with Crippen LogP contribution >= 0.6 is 0 Å².